The summed E-state index contributed by atoms with van der Waals surface area (Å²) in [4.78, 5) is 8.40. The summed E-state index contributed by atoms with van der Waals surface area (Å²) in [5.74, 6) is 0.643. The summed E-state index contributed by atoms with van der Waals surface area (Å²) < 4.78 is 26.8. The first-order valence-electron chi connectivity index (χ1n) is 8.52. The lowest BCUT2D eigenvalue weighted by molar-refractivity contribution is 0.581. The Balaban J connectivity index is 0.00000364. The maximum absolute atomic E-state index is 12.1. The van der Waals surface area contributed by atoms with Gasteiger partial charge in [0.2, 0.25) is 10.0 Å². The Kier molecular flexibility index (Phi) is 10.3. The molecule has 1 aromatic heterocycles. The molecule has 0 aliphatic heterocycles. The molecule has 0 saturated carbocycles. The zero-order valence-corrected chi connectivity index (χ0v) is 18.6. The van der Waals surface area contributed by atoms with Crippen LogP contribution in [0, 0.1) is 0 Å². The van der Waals surface area contributed by atoms with Gasteiger partial charge >= 0.3 is 0 Å². The lowest BCUT2D eigenvalue weighted by Crippen LogP contribution is -2.39. The Labute approximate surface area is 178 Å². The second-order valence-corrected chi connectivity index (χ2v) is 7.39. The van der Waals surface area contributed by atoms with Gasteiger partial charge in [0.1, 0.15) is 4.90 Å². The number of hydrogen-bond acceptors (Lipinski definition) is 4. The summed E-state index contributed by atoms with van der Waals surface area (Å²) in [5, 5.41) is 6.48. The second-order valence-electron chi connectivity index (χ2n) is 5.62. The van der Waals surface area contributed by atoms with Crippen LogP contribution in [0.25, 0.3) is 0 Å². The van der Waals surface area contributed by atoms with Gasteiger partial charge in [-0.2, -0.15) is 0 Å². The molecule has 1 unspecified atom stereocenters. The molecule has 1 aromatic carbocycles. The average molecular weight is 503 g/mol. The molecule has 0 aliphatic carbocycles. The first-order valence-corrected chi connectivity index (χ1v) is 10.0. The van der Waals surface area contributed by atoms with Crippen molar-refractivity contribution in [3.8, 4) is 0 Å². The van der Waals surface area contributed by atoms with Crippen molar-refractivity contribution in [1.29, 1.82) is 0 Å². The molecule has 1 heterocycles. The Hall–Kier alpha value is -1.72. The Bertz CT molecular complexity index is 801. The predicted molar refractivity (Wildman–Crippen MR) is 119 cm³/mol. The maximum Gasteiger partial charge on any atom is 0.242 e. The number of halogens is 1. The van der Waals surface area contributed by atoms with E-state index in [9.17, 15) is 8.42 Å². The highest BCUT2D eigenvalue weighted by Crippen LogP contribution is 2.10. The van der Waals surface area contributed by atoms with Crippen LogP contribution in [-0.2, 0) is 10.0 Å². The highest BCUT2D eigenvalue weighted by molar-refractivity contribution is 14.0. The van der Waals surface area contributed by atoms with Crippen molar-refractivity contribution in [2.24, 2.45) is 4.99 Å². The summed E-state index contributed by atoms with van der Waals surface area (Å²) in [6, 6.07) is 13.2. The smallest absolute Gasteiger partial charge is 0.242 e. The number of nitrogens with zero attached hydrogens (tertiary/aromatic N) is 2. The minimum Gasteiger partial charge on any atom is -0.357 e. The molecule has 2 rings (SSSR count). The van der Waals surface area contributed by atoms with Gasteiger partial charge in [0, 0.05) is 25.5 Å². The first kappa shape index (κ1) is 23.3. The maximum atomic E-state index is 12.1. The number of sulfonamides is 1. The van der Waals surface area contributed by atoms with Crippen molar-refractivity contribution in [3.63, 3.8) is 0 Å². The standard InChI is InChI=1S/C18H25N5O2S.HI/c1-3-20-18(23-15(2)16-8-5-4-6-9-16)21-12-13-22-26(24,25)17-10-7-11-19-14-17;/h4-11,14-15,22H,3,12-13H2,1-2H3,(H2,20,21,23);1H. The van der Waals surface area contributed by atoms with Crippen molar-refractivity contribution in [1.82, 2.24) is 20.3 Å². The number of nitrogens with one attached hydrogen (secondary N) is 3. The van der Waals surface area contributed by atoms with Crippen LogP contribution in [0.1, 0.15) is 25.5 Å². The number of hydrogen-bond donors (Lipinski definition) is 3. The van der Waals surface area contributed by atoms with E-state index >= 15 is 0 Å². The average Bonchev–Trinajstić information content (AvgIpc) is 2.66. The van der Waals surface area contributed by atoms with Crippen molar-refractivity contribution >= 4 is 40.0 Å². The Morgan fingerprint density at radius 3 is 2.56 bits per heavy atom. The first-order chi connectivity index (χ1) is 12.5. The number of pyridine rings is 1. The van der Waals surface area contributed by atoms with E-state index in [4.69, 9.17) is 0 Å². The lowest BCUT2D eigenvalue weighted by atomic mass is 10.1. The molecule has 148 valence electrons. The van der Waals surface area contributed by atoms with Crippen molar-refractivity contribution < 1.29 is 8.42 Å². The van der Waals surface area contributed by atoms with Gasteiger partial charge in [-0.15, -0.1) is 24.0 Å². The zero-order chi connectivity index (χ0) is 18.8. The molecule has 0 fully saturated rings. The summed E-state index contributed by atoms with van der Waals surface area (Å²) >= 11 is 0. The number of aliphatic imine (C=N–C) groups is 1. The van der Waals surface area contributed by atoms with E-state index in [1.807, 2.05) is 44.2 Å². The Morgan fingerprint density at radius 2 is 1.93 bits per heavy atom. The van der Waals surface area contributed by atoms with Crippen LogP contribution >= 0.6 is 24.0 Å². The van der Waals surface area contributed by atoms with Crippen LogP contribution < -0.4 is 15.4 Å². The van der Waals surface area contributed by atoms with Crippen LogP contribution in [0.5, 0.6) is 0 Å². The molecule has 1 atom stereocenters. The third-order valence-electron chi connectivity index (χ3n) is 3.62. The van der Waals surface area contributed by atoms with E-state index in [-0.39, 0.29) is 41.5 Å². The molecule has 9 heteroatoms. The van der Waals surface area contributed by atoms with Crippen molar-refractivity contribution in [2.45, 2.75) is 24.8 Å². The Morgan fingerprint density at radius 1 is 1.19 bits per heavy atom. The predicted octanol–water partition coefficient (Wildman–Crippen LogP) is 2.29. The summed E-state index contributed by atoms with van der Waals surface area (Å²) in [6.45, 7) is 5.27. The molecule has 2 aromatic rings. The van der Waals surface area contributed by atoms with Gasteiger partial charge < -0.3 is 10.6 Å². The van der Waals surface area contributed by atoms with Gasteiger partial charge in [-0.1, -0.05) is 30.3 Å². The van der Waals surface area contributed by atoms with Crippen LogP contribution in [-0.4, -0.2) is 39.0 Å². The molecule has 0 spiro atoms. The lowest BCUT2D eigenvalue weighted by Gasteiger charge is -2.18. The normalized spacial score (nSPS) is 12.7. The van der Waals surface area contributed by atoms with Crippen LogP contribution in [0.2, 0.25) is 0 Å². The van der Waals surface area contributed by atoms with Crippen molar-refractivity contribution in [2.75, 3.05) is 19.6 Å². The molecule has 3 N–H and O–H groups in total. The van der Waals surface area contributed by atoms with Gasteiger partial charge in [-0.3, -0.25) is 9.98 Å². The largest absolute Gasteiger partial charge is 0.357 e. The zero-order valence-electron chi connectivity index (χ0n) is 15.4. The minimum absolute atomic E-state index is 0. The van der Waals surface area contributed by atoms with E-state index < -0.39 is 10.0 Å². The van der Waals surface area contributed by atoms with E-state index in [1.54, 1.807) is 6.07 Å². The highest BCUT2D eigenvalue weighted by atomic mass is 127. The molecule has 0 saturated heterocycles. The van der Waals surface area contributed by atoms with Crippen LogP contribution in [0.3, 0.4) is 0 Å². The highest BCUT2D eigenvalue weighted by Gasteiger charge is 2.13. The van der Waals surface area contributed by atoms with Gasteiger partial charge in [0.25, 0.3) is 0 Å². The van der Waals surface area contributed by atoms with E-state index in [0.29, 0.717) is 12.5 Å². The molecule has 0 aliphatic rings. The summed E-state index contributed by atoms with van der Waals surface area (Å²) in [5.41, 5.74) is 1.15. The molecule has 7 nitrogen and oxygen atoms in total. The molecule has 0 radical (unpaired) electrons. The van der Waals surface area contributed by atoms with Crippen LogP contribution in [0.15, 0.2) is 64.7 Å². The number of guanidine groups is 1. The van der Waals surface area contributed by atoms with Crippen molar-refractivity contribution in [3.05, 3.63) is 60.4 Å². The van der Waals surface area contributed by atoms with E-state index in [1.165, 1.54) is 18.5 Å². The second kappa shape index (κ2) is 11.9. The van der Waals surface area contributed by atoms with Gasteiger partial charge in [-0.25, -0.2) is 13.1 Å². The molecule has 0 bridgehead atoms. The fourth-order valence-corrected chi connectivity index (χ4v) is 3.27. The number of aromatic nitrogens is 1. The molecular weight excluding hydrogens is 477 g/mol. The fraction of sp³-hybridized carbons (Fsp3) is 0.333. The third-order valence-corrected chi connectivity index (χ3v) is 5.06. The van der Waals surface area contributed by atoms with E-state index in [0.717, 1.165) is 12.1 Å². The minimum atomic E-state index is -3.56. The van der Waals surface area contributed by atoms with E-state index in [2.05, 4.69) is 25.3 Å². The number of rotatable bonds is 8. The summed E-state index contributed by atoms with van der Waals surface area (Å²) in [7, 11) is -3.56. The van der Waals surface area contributed by atoms with Gasteiger partial charge in [0.05, 0.1) is 12.6 Å². The fourth-order valence-electron chi connectivity index (χ4n) is 2.29. The third kappa shape index (κ3) is 7.81. The number of benzene rings is 1. The molecular formula is C18H26IN5O2S. The molecule has 27 heavy (non-hydrogen) atoms. The monoisotopic (exact) mass is 503 g/mol. The molecule has 0 amide bonds. The van der Waals surface area contributed by atoms with Gasteiger partial charge in [-0.05, 0) is 31.5 Å². The van der Waals surface area contributed by atoms with Crippen LogP contribution in [0.4, 0.5) is 0 Å². The topological polar surface area (TPSA) is 95.5 Å². The summed E-state index contributed by atoms with van der Waals surface area (Å²) in [6.07, 6.45) is 2.85. The quantitative estimate of drug-likeness (QED) is 0.223. The SMILES string of the molecule is CCNC(=NCCNS(=O)(=O)c1cccnc1)NC(C)c1ccccc1.I. The van der Waals surface area contributed by atoms with Gasteiger partial charge in [0.15, 0.2) is 5.96 Å².